The Balaban J connectivity index is 1.79. The molecule has 0 saturated heterocycles. The summed E-state index contributed by atoms with van der Waals surface area (Å²) in [6.45, 7) is 10.8. The average molecular weight is 447 g/mol. The first-order valence-corrected chi connectivity index (χ1v) is 11.6. The maximum Gasteiger partial charge on any atom is 0.438 e. The van der Waals surface area contributed by atoms with Gasteiger partial charge in [-0.05, 0) is 56.1 Å². The van der Waals surface area contributed by atoms with E-state index in [1.165, 1.54) is 0 Å². The molecule has 0 spiro atoms. The largest absolute Gasteiger partial charge is 0.446 e. The standard InChI is InChI=1S/C22H30N4O4S/c1-5-24(6-2)12-13-30-21(28)26-22(29)31-15(3)20(23-26)18-9-10-19-17(14-18)8-7-11-25(19)16(4)27/h9-10,14-15H,5-8,11-13H2,1-4H3. The number of hydrazone groups is 1. The quantitative estimate of drug-likeness (QED) is 0.662. The highest BCUT2D eigenvalue weighted by atomic mass is 32.2. The summed E-state index contributed by atoms with van der Waals surface area (Å²) < 4.78 is 5.30. The van der Waals surface area contributed by atoms with Crippen LogP contribution in [0.4, 0.5) is 15.3 Å². The van der Waals surface area contributed by atoms with Crippen LogP contribution in [0.5, 0.6) is 0 Å². The van der Waals surface area contributed by atoms with Crippen molar-refractivity contribution in [1.82, 2.24) is 9.91 Å². The number of amides is 3. The van der Waals surface area contributed by atoms with Crippen molar-refractivity contribution in [3.05, 3.63) is 29.3 Å². The van der Waals surface area contributed by atoms with Gasteiger partial charge in [-0.3, -0.25) is 9.59 Å². The molecule has 2 aliphatic rings. The third kappa shape index (κ3) is 5.27. The highest BCUT2D eigenvalue weighted by Gasteiger charge is 2.34. The number of hydrogen-bond donors (Lipinski definition) is 0. The number of aryl methyl sites for hydroxylation is 1. The number of rotatable bonds is 6. The van der Waals surface area contributed by atoms with Crippen molar-refractivity contribution in [3.8, 4) is 0 Å². The van der Waals surface area contributed by atoms with E-state index < -0.39 is 11.3 Å². The van der Waals surface area contributed by atoms with Crippen LogP contribution in [-0.2, 0) is 16.0 Å². The van der Waals surface area contributed by atoms with Crippen molar-refractivity contribution in [3.63, 3.8) is 0 Å². The fourth-order valence-corrected chi connectivity index (χ4v) is 4.65. The van der Waals surface area contributed by atoms with E-state index in [-0.39, 0.29) is 17.8 Å². The Morgan fingerprint density at radius 1 is 1.29 bits per heavy atom. The summed E-state index contributed by atoms with van der Waals surface area (Å²) in [7, 11) is 0. The lowest BCUT2D eigenvalue weighted by atomic mass is 9.96. The number of benzene rings is 1. The number of carbonyl (C=O) groups is 3. The number of fused-ring (bicyclic) bond motifs is 1. The summed E-state index contributed by atoms with van der Waals surface area (Å²) in [6, 6.07) is 5.84. The van der Waals surface area contributed by atoms with E-state index in [9.17, 15) is 14.4 Å². The van der Waals surface area contributed by atoms with Crippen LogP contribution in [0, 0.1) is 0 Å². The van der Waals surface area contributed by atoms with Gasteiger partial charge in [0.1, 0.15) is 6.61 Å². The molecule has 0 aromatic heterocycles. The molecule has 0 radical (unpaired) electrons. The van der Waals surface area contributed by atoms with Crippen molar-refractivity contribution in [2.75, 3.05) is 37.7 Å². The van der Waals surface area contributed by atoms with Crippen LogP contribution < -0.4 is 4.90 Å². The van der Waals surface area contributed by atoms with E-state index >= 15 is 0 Å². The van der Waals surface area contributed by atoms with E-state index in [0.717, 1.165) is 66.1 Å². The molecule has 0 saturated carbocycles. The van der Waals surface area contributed by atoms with Gasteiger partial charge in [0.15, 0.2) is 0 Å². The maximum absolute atomic E-state index is 12.5. The summed E-state index contributed by atoms with van der Waals surface area (Å²) in [4.78, 5) is 40.7. The molecule has 0 aliphatic carbocycles. The molecule has 0 N–H and O–H groups in total. The van der Waals surface area contributed by atoms with Gasteiger partial charge in [0.2, 0.25) is 5.91 Å². The molecule has 31 heavy (non-hydrogen) atoms. The van der Waals surface area contributed by atoms with Gasteiger partial charge in [-0.15, -0.1) is 5.01 Å². The predicted molar refractivity (Wildman–Crippen MR) is 123 cm³/mol. The molecule has 0 fully saturated rings. The first kappa shape index (κ1) is 23.3. The average Bonchev–Trinajstić information content (AvgIpc) is 2.75. The smallest absolute Gasteiger partial charge is 0.438 e. The van der Waals surface area contributed by atoms with Gasteiger partial charge in [-0.25, -0.2) is 4.79 Å². The number of likely N-dealkylation sites (N-methyl/N-ethyl adjacent to an activating group) is 1. The van der Waals surface area contributed by atoms with Gasteiger partial charge in [-0.2, -0.15) is 5.10 Å². The normalized spacial score (nSPS) is 18.7. The van der Waals surface area contributed by atoms with Crippen LogP contribution in [0.25, 0.3) is 0 Å². The lowest BCUT2D eigenvalue weighted by molar-refractivity contribution is -0.116. The number of hydrogen-bond acceptors (Lipinski definition) is 7. The molecule has 8 nitrogen and oxygen atoms in total. The number of anilines is 1. The Morgan fingerprint density at radius 2 is 2.03 bits per heavy atom. The molecular weight excluding hydrogens is 416 g/mol. The fraction of sp³-hybridized carbons (Fsp3) is 0.545. The van der Waals surface area contributed by atoms with Crippen molar-refractivity contribution >= 4 is 40.4 Å². The molecule has 1 aromatic rings. The Hall–Kier alpha value is -2.39. The van der Waals surface area contributed by atoms with Gasteiger partial charge >= 0.3 is 11.3 Å². The number of ether oxygens (including phenoxy) is 1. The SMILES string of the molecule is CCN(CC)CCOC(=O)N1N=C(c2ccc3c(c2)CCCN3C(C)=O)C(C)SC1=O. The zero-order valence-electron chi connectivity index (χ0n) is 18.6. The molecular formula is C22H30N4O4S. The first-order chi connectivity index (χ1) is 14.8. The Morgan fingerprint density at radius 3 is 2.71 bits per heavy atom. The third-order valence-electron chi connectivity index (χ3n) is 5.62. The van der Waals surface area contributed by atoms with Crippen LogP contribution >= 0.6 is 11.8 Å². The minimum Gasteiger partial charge on any atom is -0.446 e. The molecule has 1 atom stereocenters. The monoisotopic (exact) mass is 446 g/mol. The Labute approximate surface area is 187 Å². The Kier molecular flexibility index (Phi) is 7.72. The van der Waals surface area contributed by atoms with Gasteiger partial charge in [0, 0.05) is 25.7 Å². The van der Waals surface area contributed by atoms with Gasteiger partial charge in [0.25, 0.3) is 0 Å². The van der Waals surface area contributed by atoms with Crippen molar-refractivity contribution in [2.45, 2.75) is 45.8 Å². The summed E-state index contributed by atoms with van der Waals surface area (Å²) in [5, 5.41) is 4.55. The minimum atomic E-state index is -0.755. The summed E-state index contributed by atoms with van der Waals surface area (Å²) in [5.74, 6) is 0.0249. The fourth-order valence-electron chi connectivity index (χ4n) is 3.84. The number of thioether (sulfide) groups is 1. The van der Waals surface area contributed by atoms with E-state index in [1.807, 2.05) is 39.0 Å². The minimum absolute atomic E-state index is 0.0249. The predicted octanol–water partition coefficient (Wildman–Crippen LogP) is 3.73. The summed E-state index contributed by atoms with van der Waals surface area (Å²) in [5.41, 5.74) is 3.48. The molecule has 0 bridgehead atoms. The van der Waals surface area contributed by atoms with Crippen molar-refractivity contribution < 1.29 is 19.1 Å². The van der Waals surface area contributed by atoms with Crippen LogP contribution in [0.3, 0.4) is 0 Å². The van der Waals surface area contributed by atoms with Crippen molar-refractivity contribution in [1.29, 1.82) is 0 Å². The van der Waals surface area contributed by atoms with Crippen LogP contribution in [0.1, 0.15) is 45.2 Å². The molecule has 168 valence electrons. The Bertz CT molecular complexity index is 884. The molecule has 1 aromatic carbocycles. The molecule has 9 heteroatoms. The molecule has 3 amide bonds. The summed E-state index contributed by atoms with van der Waals surface area (Å²) >= 11 is 1.05. The molecule has 2 aliphatic heterocycles. The van der Waals surface area contributed by atoms with Crippen LogP contribution in [0.2, 0.25) is 0 Å². The highest BCUT2D eigenvalue weighted by molar-refractivity contribution is 8.14. The van der Waals surface area contributed by atoms with E-state index in [2.05, 4.69) is 10.0 Å². The van der Waals surface area contributed by atoms with Gasteiger partial charge in [-0.1, -0.05) is 31.7 Å². The van der Waals surface area contributed by atoms with Crippen molar-refractivity contribution in [2.24, 2.45) is 5.10 Å². The lowest BCUT2D eigenvalue weighted by Gasteiger charge is -2.30. The first-order valence-electron chi connectivity index (χ1n) is 10.7. The number of nitrogens with zero attached hydrogens (tertiary/aromatic N) is 4. The maximum atomic E-state index is 12.5. The zero-order chi connectivity index (χ0) is 22.5. The molecule has 3 rings (SSSR count). The molecule has 2 heterocycles. The van der Waals surface area contributed by atoms with Gasteiger partial charge < -0.3 is 14.5 Å². The van der Waals surface area contributed by atoms with E-state index in [4.69, 9.17) is 4.74 Å². The second-order valence-electron chi connectivity index (χ2n) is 7.58. The third-order valence-corrected chi connectivity index (χ3v) is 6.57. The molecule has 1 unspecified atom stereocenters. The second kappa shape index (κ2) is 10.3. The van der Waals surface area contributed by atoms with Gasteiger partial charge in [0.05, 0.1) is 11.0 Å². The van der Waals surface area contributed by atoms with Crippen LogP contribution in [0.15, 0.2) is 23.3 Å². The van der Waals surface area contributed by atoms with E-state index in [1.54, 1.807) is 11.8 Å². The van der Waals surface area contributed by atoms with E-state index in [0.29, 0.717) is 12.3 Å². The van der Waals surface area contributed by atoms with Crippen LogP contribution in [-0.4, -0.2) is 70.9 Å². The number of imide groups is 1. The topological polar surface area (TPSA) is 82.5 Å². The number of carbonyl (C=O) groups excluding carboxylic acids is 3. The summed E-state index contributed by atoms with van der Waals surface area (Å²) in [6.07, 6.45) is 1.02. The zero-order valence-corrected chi connectivity index (χ0v) is 19.4. The lowest BCUT2D eigenvalue weighted by Crippen LogP contribution is -2.39. The highest BCUT2D eigenvalue weighted by Crippen LogP contribution is 2.32. The second-order valence-corrected chi connectivity index (χ2v) is 8.87.